The zero-order valence-corrected chi connectivity index (χ0v) is 22.7. The number of amides is 2. The van der Waals surface area contributed by atoms with Gasteiger partial charge in [0.05, 0.1) is 35.1 Å². The number of nitrogens with zero attached hydrogens (tertiary/aromatic N) is 1. The average molecular weight is 571 g/mol. The van der Waals surface area contributed by atoms with Gasteiger partial charge in [0, 0.05) is 25.2 Å². The largest absolute Gasteiger partial charge is 0.490 e. The molecule has 0 aliphatic carbocycles. The fourth-order valence-electron chi connectivity index (χ4n) is 4.19. The molecule has 0 saturated heterocycles. The van der Waals surface area contributed by atoms with E-state index in [1.54, 1.807) is 30.3 Å². The number of nitrogens with one attached hydrogen (secondary N) is 2. The van der Waals surface area contributed by atoms with Crippen LogP contribution in [0, 0.1) is 5.92 Å². The lowest BCUT2D eigenvalue weighted by Gasteiger charge is -2.31. The van der Waals surface area contributed by atoms with Crippen molar-refractivity contribution in [1.29, 1.82) is 0 Å². The summed E-state index contributed by atoms with van der Waals surface area (Å²) in [5.41, 5.74) is 9.14. The molecule has 11 heteroatoms. The molecule has 0 unspecified atom stereocenters. The number of fused-ring (bicyclic) bond motifs is 1. The van der Waals surface area contributed by atoms with E-state index in [0.29, 0.717) is 31.1 Å². The number of nitrogens with two attached hydrogens (primary N) is 1. The van der Waals surface area contributed by atoms with Gasteiger partial charge in [-0.25, -0.2) is 0 Å². The number of nitrogen functional groups attached to an aromatic ring is 1. The lowest BCUT2D eigenvalue weighted by atomic mass is 10.0. The van der Waals surface area contributed by atoms with Gasteiger partial charge in [0.2, 0.25) is 11.8 Å². The Kier molecular flexibility index (Phi) is 9.16. The summed E-state index contributed by atoms with van der Waals surface area (Å²) in [4.78, 5) is 40.1. The van der Waals surface area contributed by atoms with Crippen LogP contribution in [0.1, 0.15) is 6.42 Å². The van der Waals surface area contributed by atoms with E-state index in [0.717, 1.165) is 16.8 Å². The van der Waals surface area contributed by atoms with Crippen LogP contribution in [0.25, 0.3) is 11.1 Å². The third-order valence-electron chi connectivity index (χ3n) is 6.25. The number of hydrogen-bond donors (Lipinski definition) is 3. The maximum absolute atomic E-state index is 13.0. The highest BCUT2D eigenvalue weighted by Crippen LogP contribution is 2.36. The van der Waals surface area contributed by atoms with Crippen LogP contribution in [-0.2, 0) is 19.1 Å². The third-order valence-corrected chi connectivity index (χ3v) is 6.85. The number of halogens is 2. The molecule has 0 saturated carbocycles. The second-order valence-electron chi connectivity index (χ2n) is 8.86. The van der Waals surface area contributed by atoms with Gasteiger partial charge in [-0.3, -0.25) is 14.4 Å². The second-order valence-corrected chi connectivity index (χ2v) is 9.68. The fourth-order valence-corrected chi connectivity index (χ4v) is 4.77. The Balaban J connectivity index is 1.38. The van der Waals surface area contributed by atoms with Crippen LogP contribution in [0.3, 0.4) is 0 Å². The number of carbonyl (C=O) groups excluding carboxylic acids is 3. The SMILES string of the molecule is COC(=O)[C@@H](CNC(=O)CCN1CCOc2ccc(N)cc21)C(=O)Nc1c(Cl)cc(-c2ccccc2)cc1Cl. The first-order chi connectivity index (χ1) is 18.8. The van der Waals surface area contributed by atoms with Crippen LogP contribution in [-0.4, -0.2) is 51.1 Å². The zero-order chi connectivity index (χ0) is 27.9. The van der Waals surface area contributed by atoms with Crippen molar-refractivity contribution in [1.82, 2.24) is 5.32 Å². The molecule has 0 fully saturated rings. The number of methoxy groups -OCH3 is 1. The summed E-state index contributed by atoms with van der Waals surface area (Å²) in [7, 11) is 1.17. The normalized spacial score (nSPS) is 13.1. The molecule has 1 atom stereocenters. The Morgan fingerprint density at radius 1 is 1.05 bits per heavy atom. The molecule has 1 aliphatic rings. The minimum atomic E-state index is -1.32. The first-order valence-corrected chi connectivity index (χ1v) is 13.0. The molecular weight excluding hydrogens is 543 g/mol. The van der Waals surface area contributed by atoms with Gasteiger partial charge in [0.25, 0.3) is 0 Å². The summed E-state index contributed by atoms with van der Waals surface area (Å²) in [6.45, 7) is 1.23. The Morgan fingerprint density at radius 2 is 1.77 bits per heavy atom. The van der Waals surface area contributed by atoms with E-state index in [1.807, 2.05) is 35.2 Å². The van der Waals surface area contributed by atoms with Crippen LogP contribution in [0.5, 0.6) is 5.75 Å². The Bertz CT molecular complexity index is 1350. The van der Waals surface area contributed by atoms with Gasteiger partial charge in [-0.1, -0.05) is 53.5 Å². The Morgan fingerprint density at radius 3 is 2.46 bits per heavy atom. The van der Waals surface area contributed by atoms with E-state index in [9.17, 15) is 14.4 Å². The van der Waals surface area contributed by atoms with Crippen LogP contribution in [0.2, 0.25) is 10.0 Å². The average Bonchev–Trinajstić information content (AvgIpc) is 2.94. The fraction of sp³-hybridized carbons (Fsp3) is 0.250. The number of rotatable bonds is 9. The summed E-state index contributed by atoms with van der Waals surface area (Å²) < 4.78 is 10.4. The lowest BCUT2D eigenvalue weighted by molar-refractivity contribution is -0.148. The Hall–Kier alpha value is -3.95. The molecule has 0 aromatic heterocycles. The maximum atomic E-state index is 13.0. The number of ether oxygens (including phenoxy) is 2. The molecule has 39 heavy (non-hydrogen) atoms. The summed E-state index contributed by atoms with van der Waals surface area (Å²) in [5, 5.41) is 5.66. The number of esters is 1. The van der Waals surface area contributed by atoms with E-state index >= 15 is 0 Å². The minimum absolute atomic E-state index is 0.127. The number of benzene rings is 3. The van der Waals surface area contributed by atoms with Gasteiger partial charge in [-0.15, -0.1) is 0 Å². The Labute approximate surface area is 236 Å². The summed E-state index contributed by atoms with van der Waals surface area (Å²) in [5.74, 6) is -2.47. The van der Waals surface area contributed by atoms with Crippen LogP contribution in [0.4, 0.5) is 17.1 Å². The number of hydrogen-bond acceptors (Lipinski definition) is 7. The summed E-state index contributed by atoms with van der Waals surface area (Å²) >= 11 is 12.9. The van der Waals surface area contributed by atoms with Crippen molar-refractivity contribution in [2.45, 2.75) is 6.42 Å². The van der Waals surface area contributed by atoms with Gasteiger partial charge in [-0.2, -0.15) is 0 Å². The molecule has 0 bridgehead atoms. The van der Waals surface area contributed by atoms with Gasteiger partial charge in [0.15, 0.2) is 5.92 Å². The molecule has 1 heterocycles. The van der Waals surface area contributed by atoms with Crippen molar-refractivity contribution in [2.75, 3.05) is 49.3 Å². The quantitative estimate of drug-likeness (QED) is 0.198. The highest BCUT2D eigenvalue weighted by atomic mass is 35.5. The minimum Gasteiger partial charge on any atom is -0.490 e. The number of carbonyl (C=O) groups is 3. The first kappa shape index (κ1) is 28.1. The van der Waals surface area contributed by atoms with E-state index in [4.69, 9.17) is 38.4 Å². The van der Waals surface area contributed by atoms with Crippen molar-refractivity contribution < 1.29 is 23.9 Å². The molecule has 204 valence electrons. The van der Waals surface area contributed by atoms with Crippen molar-refractivity contribution in [3.05, 3.63) is 70.7 Å². The monoisotopic (exact) mass is 570 g/mol. The molecule has 3 aromatic carbocycles. The van der Waals surface area contributed by atoms with Gasteiger partial charge < -0.3 is 30.7 Å². The third kappa shape index (κ3) is 6.93. The molecule has 4 N–H and O–H groups in total. The van der Waals surface area contributed by atoms with E-state index in [1.165, 1.54) is 7.11 Å². The van der Waals surface area contributed by atoms with Crippen LogP contribution < -0.4 is 26.0 Å². The molecule has 0 spiro atoms. The molecular formula is C28H28Cl2N4O5. The highest BCUT2D eigenvalue weighted by Gasteiger charge is 2.29. The van der Waals surface area contributed by atoms with Gasteiger partial charge in [-0.05, 0) is 41.5 Å². The summed E-state index contributed by atoms with van der Waals surface area (Å²) in [6.07, 6.45) is 0.127. The standard InChI is InChI=1S/C28H28Cl2N4O5/c1-38-28(37)20(16-32-25(35)9-10-34-11-12-39-24-8-7-19(31)15-23(24)34)27(36)33-26-21(29)13-18(14-22(26)30)17-5-3-2-4-6-17/h2-8,13-15,20H,9-12,16,31H2,1H3,(H,32,35)(H,33,36)/t20-/m0/s1. The second kappa shape index (κ2) is 12.7. The van der Waals surface area contributed by atoms with Gasteiger partial charge >= 0.3 is 5.97 Å². The summed E-state index contributed by atoms with van der Waals surface area (Å²) in [6, 6.07) is 18.2. The number of anilines is 3. The van der Waals surface area contributed by atoms with E-state index in [2.05, 4.69) is 10.6 Å². The molecule has 2 amide bonds. The first-order valence-electron chi connectivity index (χ1n) is 12.2. The predicted octanol–water partition coefficient (Wildman–Crippen LogP) is 4.38. The molecule has 3 aromatic rings. The smallest absolute Gasteiger partial charge is 0.320 e. The molecule has 4 rings (SSSR count). The van der Waals surface area contributed by atoms with Gasteiger partial charge in [0.1, 0.15) is 12.4 Å². The zero-order valence-electron chi connectivity index (χ0n) is 21.2. The van der Waals surface area contributed by atoms with E-state index < -0.39 is 17.8 Å². The predicted molar refractivity (Wildman–Crippen MR) is 152 cm³/mol. The molecule has 9 nitrogen and oxygen atoms in total. The lowest BCUT2D eigenvalue weighted by Crippen LogP contribution is -2.42. The topological polar surface area (TPSA) is 123 Å². The van der Waals surface area contributed by atoms with Crippen LogP contribution >= 0.6 is 23.2 Å². The van der Waals surface area contributed by atoms with E-state index in [-0.39, 0.29) is 34.6 Å². The van der Waals surface area contributed by atoms with Crippen molar-refractivity contribution in [3.63, 3.8) is 0 Å². The molecule has 1 aliphatic heterocycles. The highest BCUT2D eigenvalue weighted by molar-refractivity contribution is 6.40. The van der Waals surface area contributed by atoms with Crippen molar-refractivity contribution in [3.8, 4) is 16.9 Å². The van der Waals surface area contributed by atoms with Crippen molar-refractivity contribution in [2.24, 2.45) is 5.92 Å². The van der Waals surface area contributed by atoms with Crippen molar-refractivity contribution >= 4 is 58.0 Å². The van der Waals surface area contributed by atoms with Crippen LogP contribution in [0.15, 0.2) is 60.7 Å². The maximum Gasteiger partial charge on any atom is 0.320 e. The molecule has 0 radical (unpaired) electrons.